The average Bonchev–Trinajstić information content (AvgIpc) is 1.90. The third-order valence-electron chi connectivity index (χ3n) is 1.69. The second kappa shape index (κ2) is 5.69. The first-order valence-corrected chi connectivity index (χ1v) is 3.88. The molecule has 0 heterocycles. The predicted molar refractivity (Wildman–Crippen MR) is 44.3 cm³/mol. The van der Waals surface area contributed by atoms with Crippen molar-refractivity contribution in [2.75, 3.05) is 27.7 Å². The summed E-state index contributed by atoms with van der Waals surface area (Å²) < 4.78 is 5.22. The number of methoxy groups -OCH3 is 1. The van der Waals surface area contributed by atoms with Crippen LogP contribution in [0.1, 0.15) is 19.8 Å². The SMILES string of the molecule is CC[C@@H](CCN(C)C)OC. The third kappa shape index (κ3) is 4.77. The molecule has 0 aromatic carbocycles. The maximum Gasteiger partial charge on any atom is 0.0580 e. The lowest BCUT2D eigenvalue weighted by molar-refractivity contribution is 0.0854. The van der Waals surface area contributed by atoms with E-state index in [1.807, 2.05) is 0 Å². The van der Waals surface area contributed by atoms with E-state index in [1.165, 1.54) is 0 Å². The number of nitrogens with zero attached hydrogens (tertiary/aromatic N) is 1. The molecule has 0 radical (unpaired) electrons. The van der Waals surface area contributed by atoms with Crippen LogP contribution in [0.25, 0.3) is 0 Å². The molecule has 0 bridgehead atoms. The van der Waals surface area contributed by atoms with Crippen molar-refractivity contribution in [3.63, 3.8) is 0 Å². The molecule has 0 unspecified atom stereocenters. The fourth-order valence-corrected chi connectivity index (χ4v) is 0.891. The van der Waals surface area contributed by atoms with E-state index < -0.39 is 0 Å². The van der Waals surface area contributed by atoms with Crippen LogP contribution < -0.4 is 0 Å². The van der Waals surface area contributed by atoms with Gasteiger partial charge in [-0.3, -0.25) is 0 Å². The molecule has 10 heavy (non-hydrogen) atoms. The van der Waals surface area contributed by atoms with Gasteiger partial charge in [0.15, 0.2) is 0 Å². The van der Waals surface area contributed by atoms with E-state index in [0.717, 1.165) is 19.4 Å². The first kappa shape index (κ1) is 9.92. The third-order valence-corrected chi connectivity index (χ3v) is 1.69. The molecule has 0 aliphatic carbocycles. The lowest BCUT2D eigenvalue weighted by Gasteiger charge is -2.15. The van der Waals surface area contributed by atoms with Crippen LogP contribution in [-0.4, -0.2) is 38.8 Å². The molecule has 0 amide bonds. The molecule has 0 fully saturated rings. The minimum atomic E-state index is 0.447. The zero-order chi connectivity index (χ0) is 7.98. The Morgan fingerprint density at radius 2 is 2.00 bits per heavy atom. The van der Waals surface area contributed by atoms with Crippen molar-refractivity contribution in [3.8, 4) is 0 Å². The number of hydrogen-bond donors (Lipinski definition) is 0. The Labute approximate surface area is 64.2 Å². The summed E-state index contributed by atoms with van der Waals surface area (Å²) in [5, 5.41) is 0. The summed E-state index contributed by atoms with van der Waals surface area (Å²) in [7, 11) is 5.95. The second-order valence-electron chi connectivity index (χ2n) is 2.86. The van der Waals surface area contributed by atoms with E-state index in [1.54, 1.807) is 7.11 Å². The summed E-state index contributed by atoms with van der Waals surface area (Å²) in [6.45, 7) is 3.27. The Hall–Kier alpha value is -0.0800. The van der Waals surface area contributed by atoms with E-state index in [0.29, 0.717) is 6.10 Å². The van der Waals surface area contributed by atoms with E-state index in [-0.39, 0.29) is 0 Å². The molecule has 0 aromatic heterocycles. The molecular weight excluding hydrogens is 126 g/mol. The highest BCUT2D eigenvalue weighted by atomic mass is 16.5. The average molecular weight is 145 g/mol. The number of ether oxygens (including phenoxy) is 1. The maximum absolute atomic E-state index is 5.22. The molecular formula is C8H19NO. The molecule has 0 aliphatic rings. The number of rotatable bonds is 5. The monoisotopic (exact) mass is 145 g/mol. The van der Waals surface area contributed by atoms with Crippen LogP contribution >= 0.6 is 0 Å². The van der Waals surface area contributed by atoms with Gasteiger partial charge in [0.25, 0.3) is 0 Å². The minimum absolute atomic E-state index is 0.447. The summed E-state index contributed by atoms with van der Waals surface area (Å²) in [5.74, 6) is 0. The molecule has 0 N–H and O–H groups in total. The molecule has 2 heteroatoms. The molecule has 1 atom stereocenters. The standard InChI is InChI=1S/C8H19NO/c1-5-8(10-4)6-7-9(2)3/h8H,5-7H2,1-4H3/t8-/m0/s1. The highest BCUT2D eigenvalue weighted by Gasteiger charge is 2.03. The van der Waals surface area contributed by atoms with Crippen molar-refractivity contribution in [3.05, 3.63) is 0 Å². The van der Waals surface area contributed by atoms with Crippen LogP contribution in [0.2, 0.25) is 0 Å². The van der Waals surface area contributed by atoms with E-state index >= 15 is 0 Å². The van der Waals surface area contributed by atoms with Crippen molar-refractivity contribution in [2.45, 2.75) is 25.9 Å². The molecule has 0 saturated carbocycles. The smallest absolute Gasteiger partial charge is 0.0580 e. The molecule has 0 spiro atoms. The van der Waals surface area contributed by atoms with Crippen LogP contribution in [0.5, 0.6) is 0 Å². The Balaban J connectivity index is 3.26. The molecule has 62 valence electrons. The van der Waals surface area contributed by atoms with Gasteiger partial charge < -0.3 is 9.64 Å². The van der Waals surface area contributed by atoms with Gasteiger partial charge in [-0.05, 0) is 33.5 Å². The molecule has 2 nitrogen and oxygen atoms in total. The van der Waals surface area contributed by atoms with Crippen molar-refractivity contribution in [2.24, 2.45) is 0 Å². The Morgan fingerprint density at radius 1 is 1.40 bits per heavy atom. The van der Waals surface area contributed by atoms with Crippen LogP contribution in [0.3, 0.4) is 0 Å². The Morgan fingerprint density at radius 3 is 2.30 bits per heavy atom. The van der Waals surface area contributed by atoms with E-state index in [4.69, 9.17) is 4.74 Å². The predicted octanol–water partition coefficient (Wildman–Crippen LogP) is 1.36. The highest BCUT2D eigenvalue weighted by Crippen LogP contribution is 2.01. The van der Waals surface area contributed by atoms with Crippen LogP contribution in [0.4, 0.5) is 0 Å². The molecule has 0 aromatic rings. The van der Waals surface area contributed by atoms with Crippen molar-refractivity contribution >= 4 is 0 Å². The Bertz CT molecular complexity index is 69.7. The Kier molecular flexibility index (Phi) is 5.64. The van der Waals surface area contributed by atoms with Crippen LogP contribution in [0, 0.1) is 0 Å². The normalized spacial score (nSPS) is 14.1. The van der Waals surface area contributed by atoms with Crippen molar-refractivity contribution in [1.29, 1.82) is 0 Å². The van der Waals surface area contributed by atoms with Gasteiger partial charge in [-0.2, -0.15) is 0 Å². The summed E-state index contributed by atoms with van der Waals surface area (Å²) >= 11 is 0. The first-order chi connectivity index (χ1) is 4.70. The van der Waals surface area contributed by atoms with Crippen LogP contribution in [0.15, 0.2) is 0 Å². The molecule has 0 saturated heterocycles. The second-order valence-corrected chi connectivity index (χ2v) is 2.86. The first-order valence-electron chi connectivity index (χ1n) is 3.88. The topological polar surface area (TPSA) is 12.5 Å². The van der Waals surface area contributed by atoms with E-state index in [2.05, 4.69) is 25.9 Å². The fourth-order valence-electron chi connectivity index (χ4n) is 0.891. The zero-order valence-electron chi connectivity index (χ0n) is 7.55. The van der Waals surface area contributed by atoms with Gasteiger partial charge >= 0.3 is 0 Å². The molecule has 0 aliphatic heterocycles. The zero-order valence-corrected chi connectivity index (χ0v) is 7.55. The van der Waals surface area contributed by atoms with Crippen molar-refractivity contribution in [1.82, 2.24) is 4.90 Å². The van der Waals surface area contributed by atoms with Gasteiger partial charge in [-0.1, -0.05) is 6.92 Å². The summed E-state index contributed by atoms with van der Waals surface area (Å²) in [6.07, 6.45) is 2.70. The van der Waals surface area contributed by atoms with Gasteiger partial charge in [0, 0.05) is 7.11 Å². The van der Waals surface area contributed by atoms with Gasteiger partial charge in [-0.15, -0.1) is 0 Å². The largest absolute Gasteiger partial charge is 0.381 e. The van der Waals surface area contributed by atoms with Gasteiger partial charge in [0.2, 0.25) is 0 Å². The summed E-state index contributed by atoms with van der Waals surface area (Å²) in [5.41, 5.74) is 0. The van der Waals surface area contributed by atoms with Crippen LogP contribution in [-0.2, 0) is 4.74 Å². The van der Waals surface area contributed by atoms with Gasteiger partial charge in [-0.25, -0.2) is 0 Å². The summed E-state index contributed by atoms with van der Waals surface area (Å²) in [4.78, 5) is 2.18. The quantitative estimate of drug-likeness (QED) is 0.579. The van der Waals surface area contributed by atoms with Gasteiger partial charge in [0.05, 0.1) is 6.10 Å². The minimum Gasteiger partial charge on any atom is -0.381 e. The maximum atomic E-state index is 5.22. The lowest BCUT2D eigenvalue weighted by atomic mass is 10.2. The number of hydrogen-bond acceptors (Lipinski definition) is 2. The lowest BCUT2D eigenvalue weighted by Crippen LogP contribution is -2.20. The highest BCUT2D eigenvalue weighted by molar-refractivity contribution is 4.56. The molecule has 0 rings (SSSR count). The van der Waals surface area contributed by atoms with E-state index in [9.17, 15) is 0 Å². The summed E-state index contributed by atoms with van der Waals surface area (Å²) in [6, 6.07) is 0. The fraction of sp³-hybridized carbons (Fsp3) is 1.00. The van der Waals surface area contributed by atoms with Crippen molar-refractivity contribution < 1.29 is 4.74 Å². The van der Waals surface area contributed by atoms with Gasteiger partial charge in [0.1, 0.15) is 0 Å².